The number of hydrogen-bond acceptors (Lipinski definition) is 7. The van der Waals surface area contributed by atoms with Crippen molar-refractivity contribution < 1.29 is 17.9 Å². The Hall–Kier alpha value is -1.85. The van der Waals surface area contributed by atoms with Gasteiger partial charge < -0.3 is 19.3 Å². The number of benzene rings is 2. The highest BCUT2D eigenvalue weighted by atomic mass is 79.9. The lowest BCUT2D eigenvalue weighted by molar-refractivity contribution is 0.247. The van der Waals surface area contributed by atoms with Crippen LogP contribution in [0, 0.1) is 0 Å². The van der Waals surface area contributed by atoms with Gasteiger partial charge in [-0.15, -0.1) is 0 Å². The summed E-state index contributed by atoms with van der Waals surface area (Å²) >= 11 is 3.68. The van der Waals surface area contributed by atoms with E-state index in [-0.39, 0.29) is 4.90 Å². The Bertz CT molecular complexity index is 1140. The molecule has 0 spiro atoms. The number of primary sulfonamides is 1. The molecule has 10 heteroatoms. The first-order chi connectivity index (χ1) is 17.7. The lowest BCUT2D eigenvalue weighted by Crippen LogP contribution is -2.44. The Labute approximate surface area is 230 Å². The van der Waals surface area contributed by atoms with E-state index < -0.39 is 10.0 Å². The highest BCUT2D eigenvalue weighted by Gasteiger charge is 2.21. The summed E-state index contributed by atoms with van der Waals surface area (Å²) in [6.45, 7) is 9.25. The molecular formula is C27H41BrN4O4S. The molecule has 2 N–H and O–H groups in total. The van der Waals surface area contributed by atoms with Crippen LogP contribution in [0.1, 0.15) is 37.3 Å². The first-order valence-electron chi connectivity index (χ1n) is 12.9. The smallest absolute Gasteiger partial charge is 0.238 e. The van der Waals surface area contributed by atoms with Crippen molar-refractivity contribution >= 4 is 31.6 Å². The minimum absolute atomic E-state index is 0.113. The first-order valence-corrected chi connectivity index (χ1v) is 15.2. The van der Waals surface area contributed by atoms with Gasteiger partial charge in [0.15, 0.2) is 0 Å². The van der Waals surface area contributed by atoms with E-state index in [9.17, 15) is 8.42 Å². The molecule has 0 bridgehead atoms. The number of methoxy groups -OCH3 is 2. The van der Waals surface area contributed by atoms with Crippen LogP contribution in [0.2, 0.25) is 0 Å². The molecule has 0 unspecified atom stereocenters. The summed E-state index contributed by atoms with van der Waals surface area (Å²) in [5.74, 6) is 1.61. The standard InChI is InChI=1S/C15H22BrNO.C12H19N3O3S/c1-3-4-5-9-17-10-8-12-6-7-14(18-2)15(16)13(12)11-17;1-14-5-7-15(8-6-14)11-9-10(19(13,16)17)3-4-12(11)18-2/h6-7H,3-5,8-11H2,1-2H3;3-4,9H,5-8H2,1-2H3,(H2,13,16,17). The molecule has 1 fully saturated rings. The maximum absolute atomic E-state index is 11.4. The van der Waals surface area contributed by atoms with E-state index in [0.29, 0.717) is 5.75 Å². The number of sulfonamides is 1. The summed E-state index contributed by atoms with van der Waals surface area (Å²) in [5.41, 5.74) is 3.66. The Morgan fingerprint density at radius 3 is 2.27 bits per heavy atom. The van der Waals surface area contributed by atoms with Gasteiger partial charge >= 0.3 is 0 Å². The van der Waals surface area contributed by atoms with Crippen LogP contribution < -0.4 is 19.5 Å². The molecule has 206 valence electrons. The Morgan fingerprint density at radius 2 is 1.65 bits per heavy atom. The van der Waals surface area contributed by atoms with E-state index in [1.54, 1.807) is 26.4 Å². The third-order valence-corrected chi connectivity index (χ3v) is 8.78. The van der Waals surface area contributed by atoms with Crippen LogP contribution in [0.25, 0.3) is 0 Å². The van der Waals surface area contributed by atoms with Crippen LogP contribution >= 0.6 is 15.9 Å². The van der Waals surface area contributed by atoms with Crippen LogP contribution in [0.4, 0.5) is 5.69 Å². The number of likely N-dealkylation sites (N-methyl/N-ethyl adjacent to an activating group) is 1. The van der Waals surface area contributed by atoms with Gasteiger partial charge in [0.05, 0.1) is 29.3 Å². The van der Waals surface area contributed by atoms with E-state index in [4.69, 9.17) is 14.6 Å². The molecule has 2 aromatic rings. The fourth-order valence-corrected chi connectivity index (χ4v) is 5.91. The fraction of sp³-hybridized carbons (Fsp3) is 0.556. The van der Waals surface area contributed by atoms with Gasteiger partial charge in [-0.1, -0.05) is 25.8 Å². The number of piperazine rings is 1. The van der Waals surface area contributed by atoms with Gasteiger partial charge in [-0.3, -0.25) is 4.90 Å². The average Bonchev–Trinajstić information content (AvgIpc) is 2.89. The summed E-state index contributed by atoms with van der Waals surface area (Å²) in [7, 11) is 1.68. The zero-order valence-corrected chi connectivity index (χ0v) is 24.9. The van der Waals surface area contributed by atoms with Crippen molar-refractivity contribution in [2.75, 3.05) is 65.4 Å². The van der Waals surface area contributed by atoms with Crippen molar-refractivity contribution in [3.63, 3.8) is 0 Å². The lowest BCUT2D eigenvalue weighted by Gasteiger charge is -2.34. The number of rotatable bonds is 8. The molecule has 2 aliphatic heterocycles. The molecule has 0 amide bonds. The van der Waals surface area contributed by atoms with Crippen molar-refractivity contribution in [2.45, 2.75) is 44.0 Å². The molecule has 2 aromatic carbocycles. The second kappa shape index (κ2) is 13.8. The van der Waals surface area contributed by atoms with Crippen molar-refractivity contribution in [2.24, 2.45) is 5.14 Å². The number of fused-ring (bicyclic) bond motifs is 1. The Morgan fingerprint density at radius 1 is 0.973 bits per heavy atom. The van der Waals surface area contributed by atoms with Gasteiger partial charge in [0, 0.05) is 39.3 Å². The zero-order valence-electron chi connectivity index (χ0n) is 22.5. The number of ether oxygens (including phenoxy) is 2. The predicted molar refractivity (Wildman–Crippen MR) is 153 cm³/mol. The second-order valence-electron chi connectivity index (χ2n) is 9.62. The second-order valence-corrected chi connectivity index (χ2v) is 12.0. The van der Waals surface area contributed by atoms with E-state index in [0.717, 1.165) is 55.1 Å². The molecule has 0 saturated carbocycles. The molecule has 4 rings (SSSR count). The van der Waals surface area contributed by atoms with Crippen molar-refractivity contribution in [3.05, 3.63) is 45.9 Å². The number of anilines is 1. The summed E-state index contributed by atoms with van der Waals surface area (Å²) < 4.78 is 34.7. The van der Waals surface area contributed by atoms with E-state index in [1.165, 1.54) is 49.5 Å². The van der Waals surface area contributed by atoms with E-state index >= 15 is 0 Å². The molecule has 8 nitrogen and oxygen atoms in total. The minimum atomic E-state index is -3.69. The molecule has 0 aromatic heterocycles. The van der Waals surface area contributed by atoms with Crippen molar-refractivity contribution in [1.82, 2.24) is 9.80 Å². The molecule has 37 heavy (non-hydrogen) atoms. The summed E-state index contributed by atoms with van der Waals surface area (Å²) in [6, 6.07) is 8.97. The van der Waals surface area contributed by atoms with Crippen LogP contribution in [0.5, 0.6) is 11.5 Å². The number of hydrogen-bond donors (Lipinski definition) is 1. The van der Waals surface area contributed by atoms with Gasteiger partial charge in [-0.2, -0.15) is 0 Å². The SMILES string of the molecule is CCCCCN1CCc2ccc(OC)c(Br)c2C1.COc1ccc(S(N)(=O)=O)cc1N1CCN(C)CC1. The van der Waals surface area contributed by atoms with Gasteiger partial charge in [0.2, 0.25) is 10.0 Å². The van der Waals surface area contributed by atoms with E-state index in [1.807, 2.05) is 0 Å². The lowest BCUT2D eigenvalue weighted by atomic mass is 9.99. The Kier molecular flexibility index (Phi) is 11.1. The molecule has 1 saturated heterocycles. The summed E-state index contributed by atoms with van der Waals surface area (Å²) in [4.78, 5) is 7.02. The van der Waals surface area contributed by atoms with Crippen LogP contribution in [-0.4, -0.2) is 78.8 Å². The molecule has 0 radical (unpaired) electrons. The van der Waals surface area contributed by atoms with Crippen molar-refractivity contribution in [1.29, 1.82) is 0 Å². The van der Waals surface area contributed by atoms with E-state index in [2.05, 4.69) is 56.7 Å². The van der Waals surface area contributed by atoms with Crippen LogP contribution in [0.15, 0.2) is 39.7 Å². The normalized spacial score (nSPS) is 16.5. The zero-order chi connectivity index (χ0) is 27.0. The maximum atomic E-state index is 11.4. The van der Waals surface area contributed by atoms with Gasteiger partial charge in [-0.25, -0.2) is 13.6 Å². The average molecular weight is 598 g/mol. The Balaban J connectivity index is 0.000000206. The maximum Gasteiger partial charge on any atom is 0.238 e. The number of unbranched alkanes of at least 4 members (excludes halogenated alkanes) is 2. The topological polar surface area (TPSA) is 88.3 Å². The van der Waals surface area contributed by atoms with Crippen LogP contribution in [0.3, 0.4) is 0 Å². The third kappa shape index (κ3) is 8.07. The minimum Gasteiger partial charge on any atom is -0.496 e. The number of halogens is 1. The third-order valence-electron chi connectivity index (χ3n) is 7.00. The highest BCUT2D eigenvalue weighted by Crippen LogP contribution is 2.34. The summed E-state index contributed by atoms with van der Waals surface area (Å²) in [5, 5.41) is 5.17. The highest BCUT2D eigenvalue weighted by molar-refractivity contribution is 9.10. The largest absolute Gasteiger partial charge is 0.496 e. The fourth-order valence-electron chi connectivity index (χ4n) is 4.70. The quantitative estimate of drug-likeness (QED) is 0.459. The molecule has 0 atom stereocenters. The molecule has 2 heterocycles. The van der Waals surface area contributed by atoms with Gasteiger partial charge in [0.1, 0.15) is 11.5 Å². The van der Waals surface area contributed by atoms with Gasteiger partial charge in [0.25, 0.3) is 0 Å². The van der Waals surface area contributed by atoms with Crippen LogP contribution in [-0.2, 0) is 23.0 Å². The van der Waals surface area contributed by atoms with Gasteiger partial charge in [-0.05, 0) is 77.8 Å². The van der Waals surface area contributed by atoms with Crippen molar-refractivity contribution in [3.8, 4) is 11.5 Å². The monoisotopic (exact) mass is 596 g/mol. The summed E-state index contributed by atoms with van der Waals surface area (Å²) in [6.07, 6.45) is 5.10. The molecule has 0 aliphatic carbocycles. The number of nitrogens with two attached hydrogens (primary N) is 1. The predicted octanol–water partition coefficient (Wildman–Crippen LogP) is 4.10. The molecule has 2 aliphatic rings. The first kappa shape index (κ1) is 29.7. The number of nitrogens with zero attached hydrogens (tertiary/aromatic N) is 3. The molecular weight excluding hydrogens is 556 g/mol.